The Morgan fingerprint density at radius 3 is 2.96 bits per heavy atom. The fraction of sp³-hybridized carbons (Fsp3) is 0.286. The molecule has 1 aromatic heterocycles. The maximum absolute atomic E-state index is 12.6. The summed E-state index contributed by atoms with van der Waals surface area (Å²) in [6.07, 6.45) is 1.12. The van der Waals surface area contributed by atoms with Gasteiger partial charge in [0.1, 0.15) is 5.69 Å². The first-order valence-electron chi connectivity index (χ1n) is 6.84. The molecule has 0 saturated carbocycles. The molecule has 23 heavy (non-hydrogen) atoms. The number of carbonyl (C=O) groups excluding carboxylic acids is 1. The zero-order valence-electron chi connectivity index (χ0n) is 12.1. The van der Waals surface area contributed by atoms with E-state index in [1.54, 1.807) is 22.4 Å². The summed E-state index contributed by atoms with van der Waals surface area (Å²) < 4.78 is 0. The molecule has 0 aliphatic carbocycles. The smallest absolute Gasteiger partial charge is 0.277 e. The van der Waals surface area contributed by atoms with Crippen LogP contribution in [0, 0.1) is 10.1 Å². The van der Waals surface area contributed by atoms with Crippen molar-refractivity contribution in [3.63, 3.8) is 0 Å². The van der Waals surface area contributed by atoms with Crippen molar-refractivity contribution < 1.29 is 9.72 Å². The van der Waals surface area contributed by atoms with Gasteiger partial charge in [-0.25, -0.2) is 4.98 Å². The SMILES string of the molecule is Cl.NCCc1nc(C(=O)N2CCc3c2cccc3[N+](=O)[O-])cs1. The Hall–Kier alpha value is -2.03. The van der Waals surface area contributed by atoms with E-state index < -0.39 is 4.92 Å². The third-order valence-electron chi connectivity index (χ3n) is 3.57. The van der Waals surface area contributed by atoms with Crippen molar-refractivity contribution >= 4 is 41.0 Å². The molecule has 0 saturated heterocycles. The second-order valence-electron chi connectivity index (χ2n) is 4.90. The molecule has 1 aliphatic heterocycles. The molecule has 1 aliphatic rings. The molecule has 0 unspecified atom stereocenters. The van der Waals surface area contributed by atoms with Gasteiger partial charge in [-0.05, 0) is 19.0 Å². The minimum Gasteiger partial charge on any atom is -0.330 e. The van der Waals surface area contributed by atoms with E-state index in [1.807, 2.05) is 0 Å². The van der Waals surface area contributed by atoms with E-state index >= 15 is 0 Å². The summed E-state index contributed by atoms with van der Waals surface area (Å²) in [5, 5.41) is 13.6. The molecule has 1 amide bonds. The number of rotatable bonds is 4. The maximum atomic E-state index is 12.6. The van der Waals surface area contributed by atoms with Gasteiger partial charge in [-0.1, -0.05) is 6.07 Å². The Morgan fingerprint density at radius 1 is 1.48 bits per heavy atom. The first-order valence-corrected chi connectivity index (χ1v) is 7.72. The highest BCUT2D eigenvalue weighted by molar-refractivity contribution is 7.09. The second-order valence-corrected chi connectivity index (χ2v) is 5.85. The van der Waals surface area contributed by atoms with Crippen molar-refractivity contribution in [2.75, 3.05) is 18.0 Å². The van der Waals surface area contributed by atoms with E-state index in [0.29, 0.717) is 42.9 Å². The molecule has 3 rings (SSSR count). The van der Waals surface area contributed by atoms with E-state index in [2.05, 4.69) is 4.98 Å². The summed E-state index contributed by atoms with van der Waals surface area (Å²) in [6, 6.07) is 4.80. The van der Waals surface area contributed by atoms with Crippen molar-refractivity contribution in [3.05, 3.63) is 50.0 Å². The number of aromatic nitrogens is 1. The number of nitro groups is 1. The Balaban J connectivity index is 0.00000192. The highest BCUT2D eigenvalue weighted by Gasteiger charge is 2.31. The molecule has 2 N–H and O–H groups in total. The first-order chi connectivity index (χ1) is 10.6. The van der Waals surface area contributed by atoms with Gasteiger partial charge in [0.15, 0.2) is 0 Å². The predicted molar refractivity (Wildman–Crippen MR) is 90.6 cm³/mol. The molecule has 0 fully saturated rings. The topological polar surface area (TPSA) is 102 Å². The molecule has 0 radical (unpaired) electrons. The van der Waals surface area contributed by atoms with Gasteiger partial charge in [0.05, 0.1) is 21.2 Å². The van der Waals surface area contributed by atoms with Crippen LogP contribution >= 0.6 is 23.7 Å². The van der Waals surface area contributed by atoms with Crippen LogP contribution in [0.5, 0.6) is 0 Å². The van der Waals surface area contributed by atoms with Crippen LogP contribution in [-0.2, 0) is 12.8 Å². The zero-order chi connectivity index (χ0) is 15.7. The number of hydrogen-bond donors (Lipinski definition) is 1. The predicted octanol–water partition coefficient (Wildman–Crippen LogP) is 2.18. The Bertz CT molecular complexity index is 749. The summed E-state index contributed by atoms with van der Waals surface area (Å²) in [7, 11) is 0. The molecular formula is C14H15ClN4O3S. The normalized spacial score (nSPS) is 12.7. The average Bonchev–Trinajstić information content (AvgIpc) is 3.13. The highest BCUT2D eigenvalue weighted by Crippen LogP contribution is 2.35. The van der Waals surface area contributed by atoms with Crippen molar-refractivity contribution in [1.29, 1.82) is 0 Å². The van der Waals surface area contributed by atoms with E-state index in [4.69, 9.17) is 5.73 Å². The van der Waals surface area contributed by atoms with Crippen molar-refractivity contribution in [3.8, 4) is 0 Å². The van der Waals surface area contributed by atoms with Crippen LogP contribution in [0.1, 0.15) is 21.1 Å². The van der Waals surface area contributed by atoms with Crippen LogP contribution in [0.3, 0.4) is 0 Å². The summed E-state index contributed by atoms with van der Waals surface area (Å²) in [5.41, 5.74) is 7.13. The van der Waals surface area contributed by atoms with Gasteiger partial charge in [0.25, 0.3) is 11.6 Å². The lowest BCUT2D eigenvalue weighted by molar-refractivity contribution is -0.385. The van der Waals surface area contributed by atoms with E-state index in [-0.39, 0.29) is 24.0 Å². The number of benzene rings is 1. The number of carbonyl (C=O) groups is 1. The summed E-state index contributed by atoms with van der Waals surface area (Å²) in [6.45, 7) is 0.919. The monoisotopic (exact) mass is 354 g/mol. The minimum absolute atomic E-state index is 0. The number of nitrogens with two attached hydrogens (primary N) is 1. The minimum atomic E-state index is -0.408. The van der Waals surface area contributed by atoms with Crippen LogP contribution in [0.15, 0.2) is 23.6 Å². The van der Waals surface area contributed by atoms with Gasteiger partial charge in [0.2, 0.25) is 0 Å². The summed E-state index contributed by atoms with van der Waals surface area (Å²) in [4.78, 5) is 29.1. The maximum Gasteiger partial charge on any atom is 0.277 e. The quantitative estimate of drug-likeness (QED) is 0.669. The Kier molecular flexibility index (Phi) is 5.30. The fourth-order valence-electron chi connectivity index (χ4n) is 2.58. The van der Waals surface area contributed by atoms with Crippen molar-refractivity contribution in [2.24, 2.45) is 5.73 Å². The van der Waals surface area contributed by atoms with Crippen LogP contribution in [0.2, 0.25) is 0 Å². The lowest BCUT2D eigenvalue weighted by atomic mass is 10.1. The summed E-state index contributed by atoms with van der Waals surface area (Å²) >= 11 is 1.40. The van der Waals surface area contributed by atoms with E-state index in [9.17, 15) is 14.9 Å². The number of nitrogens with zero attached hydrogens (tertiary/aromatic N) is 3. The molecule has 9 heteroatoms. The van der Waals surface area contributed by atoms with E-state index in [1.165, 1.54) is 17.4 Å². The van der Waals surface area contributed by atoms with Gasteiger partial charge in [-0.2, -0.15) is 0 Å². The molecule has 0 bridgehead atoms. The van der Waals surface area contributed by atoms with Gasteiger partial charge < -0.3 is 10.6 Å². The molecule has 0 spiro atoms. The van der Waals surface area contributed by atoms with Gasteiger partial charge in [0, 0.05) is 24.4 Å². The van der Waals surface area contributed by atoms with Crippen LogP contribution < -0.4 is 10.6 Å². The molecular weight excluding hydrogens is 340 g/mol. The number of fused-ring (bicyclic) bond motifs is 1. The van der Waals surface area contributed by atoms with Gasteiger partial charge in [-0.15, -0.1) is 23.7 Å². The average molecular weight is 355 g/mol. The number of anilines is 1. The largest absolute Gasteiger partial charge is 0.330 e. The fourth-order valence-corrected chi connectivity index (χ4v) is 3.37. The molecule has 0 atom stereocenters. The van der Waals surface area contributed by atoms with Crippen molar-refractivity contribution in [2.45, 2.75) is 12.8 Å². The molecule has 7 nitrogen and oxygen atoms in total. The van der Waals surface area contributed by atoms with Crippen LogP contribution in [-0.4, -0.2) is 28.9 Å². The van der Waals surface area contributed by atoms with Gasteiger partial charge >= 0.3 is 0 Å². The first kappa shape index (κ1) is 17.3. The third-order valence-corrected chi connectivity index (χ3v) is 4.48. The van der Waals surface area contributed by atoms with E-state index in [0.717, 1.165) is 5.01 Å². The Morgan fingerprint density at radius 2 is 2.26 bits per heavy atom. The van der Waals surface area contributed by atoms with Crippen LogP contribution in [0.25, 0.3) is 0 Å². The molecule has 2 heterocycles. The zero-order valence-corrected chi connectivity index (χ0v) is 13.7. The second kappa shape index (κ2) is 7.03. The van der Waals surface area contributed by atoms with Crippen LogP contribution in [0.4, 0.5) is 11.4 Å². The lowest BCUT2D eigenvalue weighted by Crippen LogP contribution is -2.29. The number of amides is 1. The lowest BCUT2D eigenvalue weighted by Gasteiger charge is -2.15. The number of thiazole rings is 1. The van der Waals surface area contributed by atoms with Gasteiger partial charge in [-0.3, -0.25) is 14.9 Å². The standard InChI is InChI=1S/C14H14N4O3S.ClH/c15-6-4-13-16-10(8-22-13)14(19)17-7-5-9-11(17)2-1-3-12(9)18(20)21;/h1-3,8H,4-7,15H2;1H. The Labute approximate surface area is 142 Å². The number of halogens is 1. The summed E-state index contributed by atoms with van der Waals surface area (Å²) in [5.74, 6) is -0.223. The third kappa shape index (κ3) is 3.19. The number of hydrogen-bond acceptors (Lipinski definition) is 6. The molecule has 122 valence electrons. The van der Waals surface area contributed by atoms with Crippen molar-refractivity contribution in [1.82, 2.24) is 4.98 Å². The molecule has 2 aromatic rings. The number of nitro benzene ring substituents is 1. The molecule has 1 aromatic carbocycles. The highest BCUT2D eigenvalue weighted by atomic mass is 35.5.